The van der Waals surface area contributed by atoms with Crippen LogP contribution in [-0.4, -0.2) is 24.8 Å². The zero-order chi connectivity index (χ0) is 14.6. The molecule has 0 radical (unpaired) electrons. The van der Waals surface area contributed by atoms with Gasteiger partial charge in [-0.25, -0.2) is 8.42 Å². The maximum absolute atomic E-state index is 11.5. The van der Waals surface area contributed by atoms with Crippen LogP contribution >= 0.6 is 10.7 Å². The van der Waals surface area contributed by atoms with Gasteiger partial charge in [0.1, 0.15) is 10.6 Å². The van der Waals surface area contributed by atoms with Crippen LogP contribution in [0.1, 0.15) is 45.9 Å². The summed E-state index contributed by atoms with van der Waals surface area (Å²) in [6, 6.07) is 0.121. The fourth-order valence-electron chi connectivity index (χ4n) is 1.52. The van der Waals surface area contributed by atoms with E-state index in [2.05, 4.69) is 5.10 Å². The largest absolute Gasteiger partial charge is 0.375 e. The number of hydrogen-bond donors (Lipinski definition) is 0. The van der Waals surface area contributed by atoms with E-state index in [0.29, 0.717) is 18.2 Å². The van der Waals surface area contributed by atoms with Crippen LogP contribution < -0.4 is 0 Å². The molecule has 0 saturated carbocycles. The van der Waals surface area contributed by atoms with Gasteiger partial charge in [-0.2, -0.15) is 5.10 Å². The molecule has 0 aliphatic carbocycles. The number of aromatic nitrogens is 2. The van der Waals surface area contributed by atoms with E-state index in [1.54, 1.807) is 4.68 Å². The minimum absolute atomic E-state index is 0.0400. The van der Waals surface area contributed by atoms with E-state index in [-0.39, 0.29) is 17.5 Å². The summed E-state index contributed by atoms with van der Waals surface area (Å²) in [5.74, 6) is 0.382. The predicted molar refractivity (Wildman–Crippen MR) is 74.8 cm³/mol. The van der Waals surface area contributed by atoms with Crippen LogP contribution in [0.25, 0.3) is 0 Å². The third-order valence-electron chi connectivity index (χ3n) is 2.77. The van der Waals surface area contributed by atoms with Crippen molar-refractivity contribution in [3.05, 3.63) is 11.9 Å². The quantitative estimate of drug-likeness (QED) is 0.727. The number of rotatable bonds is 7. The van der Waals surface area contributed by atoms with Gasteiger partial charge in [-0.1, -0.05) is 20.8 Å². The minimum atomic E-state index is -3.80. The monoisotopic (exact) mass is 308 g/mol. The second-order valence-corrected chi connectivity index (χ2v) is 7.56. The van der Waals surface area contributed by atoms with Crippen molar-refractivity contribution in [3.63, 3.8) is 0 Å². The molecule has 0 aromatic carbocycles. The standard InChI is InChI=1S/C12H21ClN2O3S/c1-5-10(4)15-6-12(19(13,16)17)11(14-15)8-18-7-9(2)3/h6,9-10H,5,7-8H2,1-4H3. The molecular weight excluding hydrogens is 288 g/mol. The van der Waals surface area contributed by atoms with Gasteiger partial charge in [0, 0.05) is 29.5 Å². The Morgan fingerprint density at radius 2 is 2.05 bits per heavy atom. The highest BCUT2D eigenvalue weighted by atomic mass is 35.7. The summed E-state index contributed by atoms with van der Waals surface area (Å²) >= 11 is 0. The van der Waals surface area contributed by atoms with Crippen molar-refractivity contribution < 1.29 is 13.2 Å². The van der Waals surface area contributed by atoms with Gasteiger partial charge in [0.05, 0.1) is 6.61 Å². The Balaban J connectivity index is 2.97. The first-order valence-electron chi connectivity index (χ1n) is 6.36. The van der Waals surface area contributed by atoms with Gasteiger partial charge in [-0.3, -0.25) is 4.68 Å². The number of hydrogen-bond acceptors (Lipinski definition) is 4. The molecule has 5 nitrogen and oxygen atoms in total. The molecule has 110 valence electrons. The molecule has 1 heterocycles. The van der Waals surface area contributed by atoms with Gasteiger partial charge in [-0.05, 0) is 19.3 Å². The summed E-state index contributed by atoms with van der Waals surface area (Å²) in [7, 11) is 1.63. The Bertz CT molecular complexity index is 511. The van der Waals surface area contributed by atoms with E-state index in [0.717, 1.165) is 6.42 Å². The first-order valence-corrected chi connectivity index (χ1v) is 8.67. The van der Waals surface area contributed by atoms with Crippen molar-refractivity contribution in [2.24, 2.45) is 5.92 Å². The molecule has 0 bridgehead atoms. The molecule has 1 atom stereocenters. The molecule has 0 spiro atoms. The van der Waals surface area contributed by atoms with Gasteiger partial charge in [0.2, 0.25) is 0 Å². The van der Waals surface area contributed by atoms with Crippen molar-refractivity contribution in [3.8, 4) is 0 Å². The van der Waals surface area contributed by atoms with Crippen LogP contribution in [-0.2, 0) is 20.4 Å². The van der Waals surface area contributed by atoms with Crippen molar-refractivity contribution in [1.29, 1.82) is 0 Å². The van der Waals surface area contributed by atoms with Crippen molar-refractivity contribution >= 4 is 19.7 Å². The highest BCUT2D eigenvalue weighted by Crippen LogP contribution is 2.22. The van der Waals surface area contributed by atoms with Crippen LogP contribution in [0.4, 0.5) is 0 Å². The Morgan fingerprint density at radius 1 is 1.42 bits per heavy atom. The predicted octanol–water partition coefficient (Wildman–Crippen LogP) is 2.95. The molecule has 1 rings (SSSR count). The number of nitrogens with zero attached hydrogens (tertiary/aromatic N) is 2. The smallest absolute Gasteiger partial charge is 0.264 e. The fraction of sp³-hybridized carbons (Fsp3) is 0.750. The highest BCUT2D eigenvalue weighted by molar-refractivity contribution is 8.13. The van der Waals surface area contributed by atoms with Gasteiger partial charge in [0.15, 0.2) is 0 Å². The van der Waals surface area contributed by atoms with Crippen LogP contribution in [0.5, 0.6) is 0 Å². The summed E-state index contributed by atoms with van der Waals surface area (Å²) in [4.78, 5) is 0.0400. The topological polar surface area (TPSA) is 61.2 Å². The summed E-state index contributed by atoms with van der Waals surface area (Å²) < 4.78 is 30.1. The molecule has 0 amide bonds. The fourth-order valence-corrected chi connectivity index (χ4v) is 2.52. The van der Waals surface area contributed by atoms with E-state index < -0.39 is 9.05 Å². The van der Waals surface area contributed by atoms with E-state index >= 15 is 0 Å². The van der Waals surface area contributed by atoms with Crippen molar-refractivity contribution in [2.45, 2.75) is 51.7 Å². The van der Waals surface area contributed by atoms with E-state index in [1.165, 1.54) is 6.20 Å². The molecule has 19 heavy (non-hydrogen) atoms. The number of ether oxygens (including phenoxy) is 1. The summed E-state index contributed by atoms with van der Waals surface area (Å²) in [5.41, 5.74) is 0.371. The Kier molecular flexibility index (Phi) is 5.82. The van der Waals surface area contributed by atoms with Crippen LogP contribution in [0, 0.1) is 5.92 Å². The molecule has 1 aromatic rings. The molecular formula is C12H21ClN2O3S. The average Bonchev–Trinajstić information content (AvgIpc) is 2.71. The first-order chi connectivity index (χ1) is 8.75. The van der Waals surface area contributed by atoms with Gasteiger partial charge in [0.25, 0.3) is 9.05 Å². The lowest BCUT2D eigenvalue weighted by Crippen LogP contribution is -2.06. The second-order valence-electron chi connectivity index (χ2n) is 5.02. The molecule has 0 aliphatic rings. The zero-order valence-corrected chi connectivity index (χ0v) is 13.3. The summed E-state index contributed by atoms with van der Waals surface area (Å²) in [6.45, 7) is 8.74. The molecule has 0 N–H and O–H groups in total. The molecule has 7 heteroatoms. The summed E-state index contributed by atoms with van der Waals surface area (Å²) in [6.07, 6.45) is 2.33. The first kappa shape index (κ1) is 16.5. The van der Waals surface area contributed by atoms with Gasteiger partial charge >= 0.3 is 0 Å². The maximum atomic E-state index is 11.5. The molecule has 1 aromatic heterocycles. The zero-order valence-electron chi connectivity index (χ0n) is 11.8. The van der Waals surface area contributed by atoms with Crippen LogP contribution in [0.2, 0.25) is 0 Å². The van der Waals surface area contributed by atoms with E-state index in [4.69, 9.17) is 15.4 Å². The lowest BCUT2D eigenvalue weighted by atomic mass is 10.2. The molecule has 1 unspecified atom stereocenters. The molecule has 0 fully saturated rings. The Morgan fingerprint density at radius 3 is 2.53 bits per heavy atom. The molecule has 0 saturated heterocycles. The normalized spacial score (nSPS) is 14.0. The highest BCUT2D eigenvalue weighted by Gasteiger charge is 2.21. The third kappa shape index (κ3) is 4.78. The van der Waals surface area contributed by atoms with Crippen molar-refractivity contribution in [2.75, 3.05) is 6.61 Å². The lowest BCUT2D eigenvalue weighted by molar-refractivity contribution is 0.0929. The van der Waals surface area contributed by atoms with E-state index in [1.807, 2.05) is 27.7 Å². The third-order valence-corrected chi connectivity index (χ3v) is 4.13. The minimum Gasteiger partial charge on any atom is -0.375 e. The Hall–Kier alpha value is -0.590. The SMILES string of the molecule is CCC(C)n1cc(S(=O)(=O)Cl)c(COCC(C)C)n1. The molecule has 0 aliphatic heterocycles. The average molecular weight is 309 g/mol. The lowest BCUT2D eigenvalue weighted by Gasteiger charge is -2.08. The van der Waals surface area contributed by atoms with Crippen LogP contribution in [0.3, 0.4) is 0 Å². The van der Waals surface area contributed by atoms with Crippen LogP contribution in [0.15, 0.2) is 11.1 Å². The van der Waals surface area contributed by atoms with E-state index in [9.17, 15) is 8.42 Å². The Labute approximate surface area is 119 Å². The second kappa shape index (κ2) is 6.72. The van der Waals surface area contributed by atoms with Crippen molar-refractivity contribution in [1.82, 2.24) is 9.78 Å². The summed E-state index contributed by atoms with van der Waals surface area (Å²) in [5, 5.41) is 4.27. The van der Waals surface area contributed by atoms with Gasteiger partial charge in [-0.15, -0.1) is 0 Å². The number of halogens is 1. The van der Waals surface area contributed by atoms with Gasteiger partial charge < -0.3 is 4.74 Å². The maximum Gasteiger partial charge on any atom is 0.264 e.